The van der Waals surface area contributed by atoms with Gasteiger partial charge in [-0.1, -0.05) is 29.8 Å². The molecule has 2 aromatic carbocycles. The van der Waals surface area contributed by atoms with Crippen LogP contribution in [-0.4, -0.2) is 52.5 Å². The minimum Gasteiger partial charge on any atom is -0.496 e. The molecule has 1 aromatic heterocycles. The Morgan fingerprint density at radius 2 is 1.71 bits per heavy atom. The monoisotopic (exact) mass is 462 g/mol. The number of ketones is 1. The number of carbonyl (C=O) groups excluding carboxylic acids is 3. The third-order valence-electron chi connectivity index (χ3n) is 5.54. The van der Waals surface area contributed by atoms with Gasteiger partial charge in [0.05, 0.1) is 24.6 Å². The summed E-state index contributed by atoms with van der Waals surface area (Å²) in [6.45, 7) is 6.75. The molecule has 2 amide bonds. The largest absolute Gasteiger partial charge is 0.496 e. The maximum Gasteiger partial charge on any atom is 0.259 e. The van der Waals surface area contributed by atoms with Crippen LogP contribution in [0.3, 0.4) is 0 Å². The molecular weight excluding hydrogens is 432 g/mol. The van der Waals surface area contributed by atoms with Gasteiger partial charge < -0.3 is 15.0 Å². The van der Waals surface area contributed by atoms with Crippen molar-refractivity contribution in [2.45, 2.75) is 33.6 Å². The Labute approximate surface area is 199 Å². The van der Waals surface area contributed by atoms with Crippen LogP contribution < -0.4 is 10.1 Å². The van der Waals surface area contributed by atoms with E-state index in [9.17, 15) is 14.4 Å². The van der Waals surface area contributed by atoms with Crippen LogP contribution in [0.2, 0.25) is 0 Å². The van der Waals surface area contributed by atoms with Crippen LogP contribution in [0.1, 0.15) is 53.0 Å². The van der Waals surface area contributed by atoms with E-state index >= 15 is 0 Å². The second-order valence-electron chi connectivity index (χ2n) is 7.81. The summed E-state index contributed by atoms with van der Waals surface area (Å²) in [5.41, 5.74) is 2.38. The molecule has 0 aliphatic carbocycles. The van der Waals surface area contributed by atoms with E-state index in [-0.39, 0.29) is 36.3 Å². The first-order valence-electron chi connectivity index (χ1n) is 11.3. The first-order valence-corrected chi connectivity index (χ1v) is 11.3. The minimum atomic E-state index is -0.383. The first kappa shape index (κ1) is 24.7. The number of anilines is 1. The van der Waals surface area contributed by atoms with E-state index in [0.29, 0.717) is 35.7 Å². The summed E-state index contributed by atoms with van der Waals surface area (Å²) in [6, 6.07) is 14.6. The van der Waals surface area contributed by atoms with Crippen LogP contribution in [0, 0.1) is 6.92 Å². The van der Waals surface area contributed by atoms with Crippen molar-refractivity contribution in [3.8, 4) is 11.4 Å². The summed E-state index contributed by atoms with van der Waals surface area (Å²) in [7, 11) is 1.51. The van der Waals surface area contributed by atoms with E-state index in [1.54, 1.807) is 17.0 Å². The van der Waals surface area contributed by atoms with Gasteiger partial charge >= 0.3 is 0 Å². The van der Waals surface area contributed by atoms with Gasteiger partial charge in [-0.3, -0.25) is 14.4 Å². The number of ether oxygens (including phenoxy) is 1. The molecule has 3 aromatic rings. The second kappa shape index (κ2) is 11.3. The lowest BCUT2D eigenvalue weighted by molar-refractivity contribution is -0.116. The number of benzene rings is 2. The van der Waals surface area contributed by atoms with E-state index in [4.69, 9.17) is 4.74 Å². The van der Waals surface area contributed by atoms with Crippen molar-refractivity contribution in [1.82, 2.24) is 14.7 Å². The number of nitrogens with zero attached hydrogens (tertiary/aromatic N) is 3. The lowest BCUT2D eigenvalue weighted by Gasteiger charge is -2.19. The highest BCUT2D eigenvalue weighted by molar-refractivity contribution is 6.05. The number of nitrogens with one attached hydrogen (secondary N) is 1. The highest BCUT2D eigenvalue weighted by atomic mass is 16.5. The Balaban J connectivity index is 1.82. The van der Waals surface area contributed by atoms with Gasteiger partial charge in [0.25, 0.3) is 5.91 Å². The SMILES string of the molecule is CCN(CC)C(=O)c1cnn(-c2ccccc2)c1NC(=O)CCC(=O)c1cc(C)ccc1OC. The molecular formula is C26H30N4O4. The van der Waals surface area contributed by atoms with Crippen molar-refractivity contribution in [2.24, 2.45) is 0 Å². The summed E-state index contributed by atoms with van der Waals surface area (Å²) >= 11 is 0. The Bertz CT molecular complexity index is 1170. The third kappa shape index (κ3) is 5.51. The van der Waals surface area contributed by atoms with Gasteiger partial charge in [-0.25, -0.2) is 4.68 Å². The van der Waals surface area contributed by atoms with Gasteiger partial charge in [0.1, 0.15) is 17.1 Å². The number of hydrogen-bond acceptors (Lipinski definition) is 5. The smallest absolute Gasteiger partial charge is 0.259 e. The fraction of sp³-hybridized carbons (Fsp3) is 0.308. The molecule has 0 bridgehead atoms. The van der Waals surface area contributed by atoms with Crippen LogP contribution in [0.5, 0.6) is 5.75 Å². The van der Waals surface area contributed by atoms with Crippen molar-refractivity contribution < 1.29 is 19.1 Å². The topological polar surface area (TPSA) is 93.5 Å². The lowest BCUT2D eigenvalue weighted by Crippen LogP contribution is -2.31. The molecule has 0 aliphatic rings. The molecule has 0 saturated carbocycles. The summed E-state index contributed by atoms with van der Waals surface area (Å²) in [4.78, 5) is 40.4. The highest BCUT2D eigenvalue weighted by Crippen LogP contribution is 2.24. The van der Waals surface area contributed by atoms with E-state index in [1.807, 2.05) is 57.2 Å². The molecule has 8 nitrogen and oxygen atoms in total. The maximum atomic E-state index is 13.1. The number of aromatic nitrogens is 2. The number of amides is 2. The first-order chi connectivity index (χ1) is 16.4. The van der Waals surface area contributed by atoms with E-state index in [2.05, 4.69) is 10.4 Å². The zero-order valence-corrected chi connectivity index (χ0v) is 20.0. The molecule has 0 radical (unpaired) electrons. The standard InChI is InChI=1S/C26H30N4O4/c1-5-29(6-2)26(33)21-17-27-30(19-10-8-7-9-11-19)25(21)28-24(32)15-13-22(31)20-16-18(3)12-14-23(20)34-4/h7-12,14,16-17H,5-6,13,15H2,1-4H3,(H,28,32). The van der Waals surface area contributed by atoms with Crippen LogP contribution in [0.25, 0.3) is 5.69 Å². The zero-order valence-electron chi connectivity index (χ0n) is 20.0. The number of methoxy groups -OCH3 is 1. The summed E-state index contributed by atoms with van der Waals surface area (Å²) in [6.07, 6.45) is 1.42. The van der Waals surface area contributed by atoms with Gasteiger partial charge in [0.2, 0.25) is 5.91 Å². The fourth-order valence-electron chi connectivity index (χ4n) is 3.67. The molecule has 3 rings (SSSR count). The van der Waals surface area contributed by atoms with Crippen molar-refractivity contribution >= 4 is 23.4 Å². The minimum absolute atomic E-state index is 0.00441. The van der Waals surface area contributed by atoms with Crippen LogP contribution >= 0.6 is 0 Å². The molecule has 0 fully saturated rings. The Morgan fingerprint density at radius 3 is 2.35 bits per heavy atom. The van der Waals surface area contributed by atoms with Gasteiger partial charge in [-0.15, -0.1) is 0 Å². The molecule has 1 N–H and O–H groups in total. The van der Waals surface area contributed by atoms with E-state index in [0.717, 1.165) is 5.56 Å². The average molecular weight is 463 g/mol. The lowest BCUT2D eigenvalue weighted by atomic mass is 10.0. The van der Waals surface area contributed by atoms with Gasteiger partial charge in [-0.05, 0) is 45.0 Å². The number of para-hydroxylation sites is 1. The Kier molecular flexibility index (Phi) is 8.19. The Morgan fingerprint density at radius 1 is 1.00 bits per heavy atom. The van der Waals surface area contributed by atoms with E-state index < -0.39 is 0 Å². The van der Waals surface area contributed by atoms with E-state index in [1.165, 1.54) is 18.0 Å². The molecule has 0 atom stereocenters. The van der Waals surface area contributed by atoms with Crippen LogP contribution in [0.4, 0.5) is 5.82 Å². The molecule has 1 heterocycles. The Hall–Kier alpha value is -3.94. The molecule has 0 spiro atoms. The van der Waals surface area contributed by atoms with Gasteiger partial charge in [-0.2, -0.15) is 5.10 Å². The van der Waals surface area contributed by atoms with Crippen molar-refractivity contribution in [3.63, 3.8) is 0 Å². The zero-order chi connectivity index (χ0) is 24.7. The molecule has 0 unspecified atom stereocenters. The van der Waals surface area contributed by atoms with Gasteiger partial charge in [0.15, 0.2) is 5.78 Å². The number of Topliss-reactive ketones (excluding diaryl/α,β-unsaturated/α-hetero) is 1. The highest BCUT2D eigenvalue weighted by Gasteiger charge is 2.24. The van der Waals surface area contributed by atoms with Crippen molar-refractivity contribution in [2.75, 3.05) is 25.5 Å². The van der Waals surface area contributed by atoms with Crippen molar-refractivity contribution in [1.29, 1.82) is 0 Å². The molecule has 8 heteroatoms. The van der Waals surface area contributed by atoms with Gasteiger partial charge in [0, 0.05) is 25.9 Å². The second-order valence-corrected chi connectivity index (χ2v) is 7.81. The summed E-state index contributed by atoms with van der Waals surface area (Å²) in [5.74, 6) is -0.0278. The predicted octanol–water partition coefficient (Wildman–Crippen LogP) is 4.27. The van der Waals surface area contributed by atoms with Crippen molar-refractivity contribution in [3.05, 3.63) is 71.4 Å². The fourth-order valence-corrected chi connectivity index (χ4v) is 3.67. The number of hydrogen-bond donors (Lipinski definition) is 1. The number of aryl methyl sites for hydroxylation is 1. The van der Waals surface area contributed by atoms with Crippen LogP contribution in [-0.2, 0) is 4.79 Å². The quantitative estimate of drug-likeness (QED) is 0.454. The third-order valence-corrected chi connectivity index (χ3v) is 5.54. The normalized spacial score (nSPS) is 10.6. The predicted molar refractivity (Wildman–Crippen MR) is 131 cm³/mol. The molecule has 0 saturated heterocycles. The molecule has 178 valence electrons. The maximum absolute atomic E-state index is 13.1. The molecule has 0 aliphatic heterocycles. The summed E-state index contributed by atoms with van der Waals surface area (Å²) in [5, 5.41) is 7.18. The van der Waals surface area contributed by atoms with Crippen LogP contribution in [0.15, 0.2) is 54.7 Å². The summed E-state index contributed by atoms with van der Waals surface area (Å²) < 4.78 is 6.82. The number of rotatable bonds is 10. The average Bonchev–Trinajstić information content (AvgIpc) is 3.27. The number of carbonyl (C=O) groups is 3. The molecule has 34 heavy (non-hydrogen) atoms.